The fourth-order valence-electron chi connectivity index (χ4n) is 1.13. The molecule has 0 aromatic carbocycles. The normalized spacial score (nSPS) is 36.4. The lowest BCUT2D eigenvalue weighted by Gasteiger charge is -1.98. The monoisotopic (exact) mass is 155 g/mol. The molecular formula is C6H5NO2S. The highest BCUT2D eigenvalue weighted by atomic mass is 32.2. The molecule has 2 aliphatic heterocycles. The Morgan fingerprint density at radius 1 is 1.40 bits per heavy atom. The third-order valence-corrected chi connectivity index (χ3v) is 2.76. The van der Waals surface area contributed by atoms with Crippen LogP contribution >= 0.6 is 11.8 Å². The van der Waals surface area contributed by atoms with Crippen molar-refractivity contribution in [3.05, 3.63) is 11.5 Å². The molecule has 4 heteroatoms. The molecule has 0 aromatic rings. The van der Waals surface area contributed by atoms with Crippen LogP contribution in [0.2, 0.25) is 0 Å². The average Bonchev–Trinajstić information content (AvgIpc) is 2.39. The molecule has 52 valence electrons. The molecule has 2 atom stereocenters. The van der Waals surface area contributed by atoms with Crippen LogP contribution in [-0.4, -0.2) is 17.1 Å². The van der Waals surface area contributed by atoms with E-state index < -0.39 is 0 Å². The van der Waals surface area contributed by atoms with Crippen LogP contribution in [0, 0.1) is 5.92 Å². The SMILES string of the molecule is O=C1NC(=O)C2SC=CC12. The van der Waals surface area contributed by atoms with Gasteiger partial charge in [-0.2, -0.15) is 0 Å². The lowest BCUT2D eigenvalue weighted by atomic mass is 10.1. The smallest absolute Gasteiger partial charge is 0.241 e. The predicted octanol–water partition coefficient (Wildman–Crippen LogP) is -0.112. The maximum Gasteiger partial charge on any atom is 0.241 e. The minimum atomic E-state index is -0.197. The summed E-state index contributed by atoms with van der Waals surface area (Å²) in [6, 6.07) is 0. The highest BCUT2D eigenvalue weighted by Crippen LogP contribution is 2.33. The number of carbonyl (C=O) groups is 2. The molecule has 2 rings (SSSR count). The van der Waals surface area contributed by atoms with Crippen LogP contribution in [0.4, 0.5) is 0 Å². The van der Waals surface area contributed by atoms with E-state index in [9.17, 15) is 9.59 Å². The Labute approximate surface area is 61.9 Å². The van der Waals surface area contributed by atoms with E-state index in [1.54, 1.807) is 6.08 Å². The van der Waals surface area contributed by atoms with Gasteiger partial charge >= 0.3 is 0 Å². The number of imide groups is 1. The van der Waals surface area contributed by atoms with E-state index in [-0.39, 0.29) is 23.0 Å². The highest BCUT2D eigenvalue weighted by molar-refractivity contribution is 8.03. The Bertz CT molecular complexity index is 236. The van der Waals surface area contributed by atoms with Crippen molar-refractivity contribution < 1.29 is 9.59 Å². The molecule has 0 bridgehead atoms. The molecule has 0 spiro atoms. The Morgan fingerprint density at radius 2 is 2.20 bits per heavy atom. The molecule has 2 heterocycles. The van der Waals surface area contributed by atoms with Gasteiger partial charge in [-0.05, 0) is 5.41 Å². The molecule has 0 radical (unpaired) electrons. The zero-order valence-electron chi connectivity index (χ0n) is 5.03. The van der Waals surface area contributed by atoms with Gasteiger partial charge in [0, 0.05) is 0 Å². The molecule has 3 nitrogen and oxygen atoms in total. The predicted molar refractivity (Wildman–Crippen MR) is 37.2 cm³/mol. The fraction of sp³-hybridized carbons (Fsp3) is 0.333. The molecule has 0 saturated carbocycles. The molecule has 2 amide bonds. The van der Waals surface area contributed by atoms with Gasteiger partial charge in [0.25, 0.3) is 0 Å². The lowest BCUT2D eigenvalue weighted by Crippen LogP contribution is -2.22. The molecule has 10 heavy (non-hydrogen) atoms. The molecule has 0 aliphatic carbocycles. The van der Waals surface area contributed by atoms with Crippen LogP contribution in [0.25, 0.3) is 0 Å². The maximum atomic E-state index is 10.9. The minimum absolute atomic E-state index is 0.148. The second kappa shape index (κ2) is 1.85. The Morgan fingerprint density at radius 3 is 2.90 bits per heavy atom. The zero-order valence-corrected chi connectivity index (χ0v) is 5.85. The van der Waals surface area contributed by atoms with Gasteiger partial charge in [0.1, 0.15) is 5.25 Å². The number of nitrogens with one attached hydrogen (secondary N) is 1. The topological polar surface area (TPSA) is 46.2 Å². The van der Waals surface area contributed by atoms with Crippen LogP contribution in [0.1, 0.15) is 0 Å². The quantitative estimate of drug-likeness (QED) is 0.496. The molecular weight excluding hydrogens is 150 g/mol. The summed E-state index contributed by atoms with van der Waals surface area (Å²) in [5.41, 5.74) is 0. The number of fused-ring (bicyclic) bond motifs is 1. The van der Waals surface area contributed by atoms with Gasteiger partial charge in [-0.15, -0.1) is 11.8 Å². The maximum absolute atomic E-state index is 10.9. The summed E-state index contributed by atoms with van der Waals surface area (Å²) < 4.78 is 0. The van der Waals surface area contributed by atoms with Crippen LogP contribution < -0.4 is 5.32 Å². The number of rotatable bonds is 0. The number of thioether (sulfide) groups is 1. The first-order valence-electron chi connectivity index (χ1n) is 2.96. The van der Waals surface area contributed by atoms with Crippen LogP contribution in [0.3, 0.4) is 0 Å². The summed E-state index contributed by atoms with van der Waals surface area (Å²) >= 11 is 1.41. The van der Waals surface area contributed by atoms with Crippen molar-refractivity contribution in [2.24, 2.45) is 5.92 Å². The largest absolute Gasteiger partial charge is 0.295 e. The van der Waals surface area contributed by atoms with E-state index in [1.165, 1.54) is 11.8 Å². The second-order valence-corrected chi connectivity index (χ2v) is 3.32. The third kappa shape index (κ3) is 0.623. The van der Waals surface area contributed by atoms with E-state index in [0.717, 1.165) is 0 Å². The van der Waals surface area contributed by atoms with Crippen molar-refractivity contribution in [2.75, 3.05) is 0 Å². The number of amides is 2. The molecule has 1 fully saturated rings. The molecule has 1 saturated heterocycles. The summed E-state index contributed by atoms with van der Waals surface area (Å²) in [7, 11) is 0. The van der Waals surface area contributed by atoms with Crippen molar-refractivity contribution in [2.45, 2.75) is 5.25 Å². The van der Waals surface area contributed by atoms with E-state index in [2.05, 4.69) is 5.32 Å². The van der Waals surface area contributed by atoms with Gasteiger partial charge in [-0.25, -0.2) is 0 Å². The fourth-order valence-corrected chi connectivity index (χ4v) is 2.12. The summed E-state index contributed by atoms with van der Waals surface area (Å²) in [5.74, 6) is -0.501. The van der Waals surface area contributed by atoms with Gasteiger partial charge in [-0.1, -0.05) is 6.08 Å². The number of carbonyl (C=O) groups excluding carboxylic acids is 2. The standard InChI is InChI=1S/C6H5NO2S/c8-5-3-1-2-10-4(3)6(9)7-5/h1-4H,(H,7,8,9). The van der Waals surface area contributed by atoms with E-state index in [0.29, 0.717) is 0 Å². The lowest BCUT2D eigenvalue weighted by molar-refractivity contribution is -0.125. The van der Waals surface area contributed by atoms with E-state index in [1.807, 2.05) is 5.41 Å². The number of hydrogen-bond acceptors (Lipinski definition) is 3. The highest BCUT2D eigenvalue weighted by Gasteiger charge is 2.42. The van der Waals surface area contributed by atoms with Gasteiger partial charge < -0.3 is 0 Å². The minimum Gasteiger partial charge on any atom is -0.295 e. The van der Waals surface area contributed by atoms with Crippen LogP contribution in [0.15, 0.2) is 11.5 Å². The van der Waals surface area contributed by atoms with Crippen molar-refractivity contribution >= 4 is 23.6 Å². The van der Waals surface area contributed by atoms with Crippen molar-refractivity contribution in [3.63, 3.8) is 0 Å². The molecule has 2 unspecified atom stereocenters. The first kappa shape index (κ1) is 5.97. The van der Waals surface area contributed by atoms with Gasteiger partial charge in [-0.3, -0.25) is 14.9 Å². The first-order valence-corrected chi connectivity index (χ1v) is 3.90. The summed E-state index contributed by atoms with van der Waals surface area (Å²) in [6.07, 6.45) is 1.77. The van der Waals surface area contributed by atoms with Crippen molar-refractivity contribution in [1.82, 2.24) is 5.32 Å². The zero-order chi connectivity index (χ0) is 7.14. The summed E-state index contributed by atoms with van der Waals surface area (Å²) in [4.78, 5) is 21.7. The van der Waals surface area contributed by atoms with E-state index in [4.69, 9.17) is 0 Å². The summed E-state index contributed by atoms with van der Waals surface area (Å²) in [6.45, 7) is 0. The van der Waals surface area contributed by atoms with Gasteiger partial charge in [0.05, 0.1) is 5.92 Å². The van der Waals surface area contributed by atoms with Gasteiger partial charge in [0.2, 0.25) is 11.8 Å². The molecule has 2 aliphatic rings. The summed E-state index contributed by atoms with van der Waals surface area (Å²) in [5, 5.41) is 3.91. The Kier molecular flexibility index (Phi) is 1.11. The Balaban J connectivity index is 2.33. The number of hydrogen-bond donors (Lipinski definition) is 1. The average molecular weight is 155 g/mol. The van der Waals surface area contributed by atoms with Crippen molar-refractivity contribution in [3.8, 4) is 0 Å². The van der Waals surface area contributed by atoms with Crippen LogP contribution in [-0.2, 0) is 9.59 Å². The van der Waals surface area contributed by atoms with Gasteiger partial charge in [0.15, 0.2) is 0 Å². The third-order valence-electron chi connectivity index (χ3n) is 1.64. The van der Waals surface area contributed by atoms with Crippen LogP contribution in [0.5, 0.6) is 0 Å². The molecule has 0 aromatic heterocycles. The Hall–Kier alpha value is -0.770. The first-order chi connectivity index (χ1) is 4.79. The molecule has 1 N–H and O–H groups in total. The second-order valence-electron chi connectivity index (χ2n) is 2.26. The van der Waals surface area contributed by atoms with E-state index >= 15 is 0 Å². The van der Waals surface area contributed by atoms with Crippen molar-refractivity contribution in [1.29, 1.82) is 0 Å².